The molecule has 2 aromatic rings. The average molecular weight is 539 g/mol. The maximum absolute atomic E-state index is 14.9. The van der Waals surface area contributed by atoms with E-state index >= 15 is 0 Å². The van der Waals surface area contributed by atoms with Crippen molar-refractivity contribution < 1.29 is 31.5 Å². The molecule has 1 aliphatic carbocycles. The Labute approximate surface area is 215 Å². The van der Waals surface area contributed by atoms with Gasteiger partial charge in [-0.15, -0.1) is 0 Å². The standard InChI is InChI=1S/C25H32F2N4O5S/c1-3-21(20-9-7-18(15-28-20)35-16-17-5-6-17)36-22-10-8-19(23(26)24(22)27)25(32)29-37(33,34)31-12-4-11-30(2)13-14-31/h7-10,15,17,21H,3-6,11-14,16H2,1-2H3,(H,29,32)/t21-/m1/s1. The van der Waals surface area contributed by atoms with Crippen LogP contribution in [-0.4, -0.2) is 68.3 Å². The Kier molecular flexibility index (Phi) is 8.60. The monoisotopic (exact) mass is 538 g/mol. The van der Waals surface area contributed by atoms with Crippen LogP contribution in [0.1, 0.15) is 54.8 Å². The molecule has 2 fully saturated rings. The molecule has 1 aromatic carbocycles. The van der Waals surface area contributed by atoms with Gasteiger partial charge < -0.3 is 14.4 Å². The number of carbonyl (C=O) groups is 1. The summed E-state index contributed by atoms with van der Waals surface area (Å²) >= 11 is 0. The largest absolute Gasteiger partial charge is 0.492 e. The predicted octanol–water partition coefficient (Wildman–Crippen LogP) is 3.29. The molecule has 1 aromatic heterocycles. The van der Waals surface area contributed by atoms with Crippen LogP contribution in [0.3, 0.4) is 0 Å². The Balaban J connectivity index is 1.43. The maximum atomic E-state index is 14.9. The SMILES string of the molecule is CC[C@@H](Oc1ccc(C(=O)NS(=O)(=O)N2CCCN(C)CC2)c(F)c1F)c1ccc(OCC2CC2)cn1. The maximum Gasteiger partial charge on any atom is 0.304 e. The van der Waals surface area contributed by atoms with Crippen molar-refractivity contribution in [2.24, 2.45) is 5.92 Å². The molecule has 0 spiro atoms. The predicted molar refractivity (Wildman–Crippen MR) is 133 cm³/mol. The molecule has 1 saturated carbocycles. The Morgan fingerprint density at radius 2 is 1.92 bits per heavy atom. The van der Waals surface area contributed by atoms with Crippen molar-refractivity contribution in [2.45, 2.75) is 38.7 Å². The van der Waals surface area contributed by atoms with Gasteiger partial charge in [-0.05, 0) is 69.5 Å². The van der Waals surface area contributed by atoms with E-state index in [-0.39, 0.29) is 13.1 Å². The van der Waals surface area contributed by atoms with Gasteiger partial charge in [-0.25, -0.2) is 9.11 Å². The quantitative estimate of drug-likeness (QED) is 0.495. The van der Waals surface area contributed by atoms with Gasteiger partial charge in [-0.1, -0.05) is 6.92 Å². The average Bonchev–Trinajstić information content (AvgIpc) is 3.72. The lowest BCUT2D eigenvalue weighted by Crippen LogP contribution is -2.45. The number of hydrogen-bond donors (Lipinski definition) is 1. The fraction of sp³-hybridized carbons (Fsp3) is 0.520. The number of ether oxygens (including phenoxy) is 2. The Morgan fingerprint density at radius 1 is 1.14 bits per heavy atom. The number of aromatic nitrogens is 1. The summed E-state index contributed by atoms with van der Waals surface area (Å²) in [6.45, 7) is 4.07. The number of hydrogen-bond acceptors (Lipinski definition) is 7. The van der Waals surface area contributed by atoms with E-state index in [1.54, 1.807) is 18.3 Å². The second-order valence-corrected chi connectivity index (χ2v) is 11.1. The first-order chi connectivity index (χ1) is 17.7. The number of amides is 1. The van der Waals surface area contributed by atoms with Crippen molar-refractivity contribution in [1.82, 2.24) is 18.9 Å². The van der Waals surface area contributed by atoms with Gasteiger partial charge in [0.2, 0.25) is 5.82 Å². The van der Waals surface area contributed by atoms with Gasteiger partial charge in [0.25, 0.3) is 5.91 Å². The molecule has 37 heavy (non-hydrogen) atoms. The van der Waals surface area contributed by atoms with Gasteiger partial charge in [0.05, 0.1) is 24.1 Å². The molecule has 2 heterocycles. The van der Waals surface area contributed by atoms with Crippen LogP contribution in [0.25, 0.3) is 0 Å². The lowest BCUT2D eigenvalue weighted by Gasteiger charge is -2.21. The molecule has 4 rings (SSSR count). The Morgan fingerprint density at radius 3 is 2.59 bits per heavy atom. The van der Waals surface area contributed by atoms with Crippen molar-refractivity contribution in [1.29, 1.82) is 0 Å². The molecule has 1 atom stereocenters. The molecule has 12 heteroatoms. The normalized spacial score (nSPS) is 18.2. The second kappa shape index (κ2) is 11.7. The van der Waals surface area contributed by atoms with Crippen LogP contribution in [0.4, 0.5) is 8.78 Å². The van der Waals surface area contributed by atoms with Crippen LogP contribution < -0.4 is 14.2 Å². The number of halogens is 2. The highest BCUT2D eigenvalue weighted by Gasteiger charge is 2.29. The number of nitrogens with one attached hydrogen (secondary N) is 1. The first kappa shape index (κ1) is 27.2. The van der Waals surface area contributed by atoms with E-state index in [0.717, 1.165) is 16.4 Å². The first-order valence-electron chi connectivity index (χ1n) is 12.4. The smallest absolute Gasteiger partial charge is 0.304 e. The van der Waals surface area contributed by atoms with Crippen LogP contribution in [0.15, 0.2) is 30.5 Å². The van der Waals surface area contributed by atoms with Crippen LogP contribution in [0.5, 0.6) is 11.5 Å². The second-order valence-electron chi connectivity index (χ2n) is 9.42. The molecule has 202 valence electrons. The van der Waals surface area contributed by atoms with Gasteiger partial charge in [0.1, 0.15) is 11.9 Å². The number of likely N-dealkylation sites (N-methyl/N-ethyl adjacent to an activating group) is 1. The minimum atomic E-state index is -4.22. The van der Waals surface area contributed by atoms with Crippen molar-refractivity contribution in [3.05, 3.63) is 53.4 Å². The Bertz CT molecular complexity index is 1210. The van der Waals surface area contributed by atoms with E-state index in [1.165, 1.54) is 12.8 Å². The summed E-state index contributed by atoms with van der Waals surface area (Å²) in [5, 5.41) is 0. The topological polar surface area (TPSA) is 101 Å². The van der Waals surface area contributed by atoms with Crippen LogP contribution in [-0.2, 0) is 10.2 Å². The van der Waals surface area contributed by atoms with E-state index in [4.69, 9.17) is 9.47 Å². The number of rotatable bonds is 10. The van der Waals surface area contributed by atoms with E-state index in [1.807, 2.05) is 23.6 Å². The number of carbonyl (C=O) groups excluding carboxylic acids is 1. The summed E-state index contributed by atoms with van der Waals surface area (Å²) in [6.07, 6.45) is 4.24. The molecule has 2 aliphatic rings. The van der Waals surface area contributed by atoms with Gasteiger partial charge in [0.15, 0.2) is 11.6 Å². The lowest BCUT2D eigenvalue weighted by atomic mass is 10.1. The van der Waals surface area contributed by atoms with E-state index in [0.29, 0.717) is 49.9 Å². The molecule has 0 unspecified atom stereocenters. The summed E-state index contributed by atoms with van der Waals surface area (Å²) in [5.74, 6) is -3.31. The van der Waals surface area contributed by atoms with Crippen LogP contribution in [0, 0.1) is 17.6 Å². The molecule has 1 saturated heterocycles. The Hall–Kier alpha value is -2.83. The van der Waals surface area contributed by atoms with Gasteiger partial charge in [-0.3, -0.25) is 9.78 Å². The molecule has 1 N–H and O–H groups in total. The molecule has 1 amide bonds. The highest BCUT2D eigenvalue weighted by molar-refractivity contribution is 7.87. The van der Waals surface area contributed by atoms with Crippen molar-refractivity contribution >= 4 is 16.1 Å². The molecule has 0 radical (unpaired) electrons. The molecule has 9 nitrogen and oxygen atoms in total. The van der Waals surface area contributed by atoms with Gasteiger partial charge >= 0.3 is 10.2 Å². The third kappa shape index (κ3) is 6.93. The van der Waals surface area contributed by atoms with Gasteiger partial charge in [-0.2, -0.15) is 17.1 Å². The number of nitrogens with zero attached hydrogens (tertiary/aromatic N) is 3. The molecule has 1 aliphatic heterocycles. The summed E-state index contributed by atoms with van der Waals surface area (Å²) in [4.78, 5) is 18.9. The van der Waals surface area contributed by atoms with E-state index < -0.39 is 45.2 Å². The van der Waals surface area contributed by atoms with E-state index in [2.05, 4.69) is 4.98 Å². The van der Waals surface area contributed by atoms with E-state index in [9.17, 15) is 22.0 Å². The minimum Gasteiger partial charge on any atom is -0.492 e. The third-order valence-electron chi connectivity index (χ3n) is 6.44. The summed E-state index contributed by atoms with van der Waals surface area (Å²) < 4.78 is 69.4. The number of pyridine rings is 1. The number of benzene rings is 1. The fourth-order valence-electron chi connectivity index (χ4n) is 3.97. The zero-order valence-electron chi connectivity index (χ0n) is 21.0. The van der Waals surface area contributed by atoms with Crippen molar-refractivity contribution in [3.8, 4) is 11.5 Å². The highest BCUT2D eigenvalue weighted by Crippen LogP contribution is 2.31. The zero-order chi connectivity index (χ0) is 26.6. The van der Waals surface area contributed by atoms with Crippen molar-refractivity contribution in [2.75, 3.05) is 39.8 Å². The summed E-state index contributed by atoms with van der Waals surface area (Å²) in [5.41, 5.74) is -0.221. The van der Waals surface area contributed by atoms with Gasteiger partial charge in [0, 0.05) is 19.6 Å². The highest BCUT2D eigenvalue weighted by atomic mass is 32.2. The minimum absolute atomic E-state index is 0.183. The molecule has 0 bridgehead atoms. The van der Waals surface area contributed by atoms with Crippen molar-refractivity contribution in [3.63, 3.8) is 0 Å². The lowest BCUT2D eigenvalue weighted by molar-refractivity contribution is 0.0973. The zero-order valence-corrected chi connectivity index (χ0v) is 21.8. The van der Waals surface area contributed by atoms with Crippen LogP contribution >= 0.6 is 0 Å². The summed E-state index contributed by atoms with van der Waals surface area (Å²) in [7, 11) is -2.35. The fourth-order valence-corrected chi connectivity index (χ4v) is 5.14. The third-order valence-corrected chi connectivity index (χ3v) is 7.93. The molecular formula is C25H32F2N4O5S. The first-order valence-corrected chi connectivity index (χ1v) is 13.9. The van der Waals surface area contributed by atoms with Crippen LogP contribution in [0.2, 0.25) is 0 Å². The molecular weight excluding hydrogens is 506 g/mol. The summed E-state index contributed by atoms with van der Waals surface area (Å²) in [6, 6.07) is 5.57.